The zero-order valence-electron chi connectivity index (χ0n) is 18.3. The van der Waals surface area contributed by atoms with Crippen LogP contribution in [-0.2, 0) is 20.7 Å². The number of halogens is 2. The summed E-state index contributed by atoms with van der Waals surface area (Å²) in [4.78, 5) is 24.2. The van der Waals surface area contributed by atoms with Crippen molar-refractivity contribution in [1.82, 2.24) is 5.32 Å². The number of carbonyl (C=O) groups is 2. The van der Waals surface area contributed by atoms with Crippen LogP contribution in [-0.4, -0.2) is 36.1 Å². The van der Waals surface area contributed by atoms with Gasteiger partial charge < -0.3 is 14.6 Å². The molecule has 0 bridgehead atoms. The molecule has 0 radical (unpaired) electrons. The van der Waals surface area contributed by atoms with Crippen LogP contribution in [0.2, 0.25) is 5.02 Å². The topological polar surface area (TPSA) is 84.9 Å². The van der Waals surface area contributed by atoms with E-state index in [2.05, 4.69) is 5.32 Å². The average Bonchev–Trinajstić information content (AvgIpc) is 2.76. The summed E-state index contributed by atoms with van der Waals surface area (Å²) in [6.45, 7) is 3.83. The van der Waals surface area contributed by atoms with E-state index in [-0.39, 0.29) is 25.5 Å². The summed E-state index contributed by atoms with van der Waals surface area (Å²) >= 11 is 5.96. The fourth-order valence-corrected chi connectivity index (χ4v) is 3.27. The number of carbonyl (C=O) groups excluding carboxylic acids is 2. The summed E-state index contributed by atoms with van der Waals surface area (Å²) in [7, 11) is 0. The Hall–Kier alpha value is -2.64. The van der Waals surface area contributed by atoms with Crippen LogP contribution in [0.5, 0.6) is 0 Å². The summed E-state index contributed by atoms with van der Waals surface area (Å²) < 4.78 is 24.0. The summed E-state index contributed by atoms with van der Waals surface area (Å²) in [6, 6.07) is 11.6. The second-order valence-corrected chi connectivity index (χ2v) is 7.81. The smallest absolute Gasteiger partial charge is 0.409 e. The molecule has 0 saturated heterocycles. The number of hydrogen-bond acceptors (Lipinski definition) is 5. The molecule has 0 aromatic heterocycles. The maximum atomic E-state index is 14.1. The quantitative estimate of drug-likeness (QED) is 0.269. The summed E-state index contributed by atoms with van der Waals surface area (Å²) in [6.07, 6.45) is 1.50. The first-order valence-corrected chi connectivity index (χ1v) is 11.1. The van der Waals surface area contributed by atoms with Crippen LogP contribution in [0.25, 0.3) is 11.1 Å². The van der Waals surface area contributed by atoms with E-state index in [0.717, 1.165) is 12.0 Å². The third kappa shape index (κ3) is 7.50. The number of amides is 1. The van der Waals surface area contributed by atoms with E-state index in [1.165, 1.54) is 12.1 Å². The van der Waals surface area contributed by atoms with E-state index >= 15 is 0 Å². The first-order valence-electron chi connectivity index (χ1n) is 10.7. The highest BCUT2D eigenvalue weighted by Crippen LogP contribution is 2.26. The van der Waals surface area contributed by atoms with Crippen LogP contribution >= 0.6 is 11.6 Å². The van der Waals surface area contributed by atoms with Crippen molar-refractivity contribution in [3.8, 4) is 11.1 Å². The van der Waals surface area contributed by atoms with Crippen molar-refractivity contribution in [2.24, 2.45) is 0 Å². The highest BCUT2D eigenvalue weighted by Gasteiger charge is 2.39. The van der Waals surface area contributed by atoms with E-state index in [4.69, 9.17) is 21.1 Å². The molecule has 2 aromatic carbocycles. The monoisotopic (exact) mass is 465 g/mol. The largest absolute Gasteiger partial charge is 0.462 e. The highest BCUT2D eigenvalue weighted by atomic mass is 35.5. The van der Waals surface area contributed by atoms with Gasteiger partial charge in [0, 0.05) is 17.0 Å². The maximum Gasteiger partial charge on any atom is 0.409 e. The maximum absolute atomic E-state index is 14.1. The lowest BCUT2D eigenvalue weighted by atomic mass is 9.99. The lowest BCUT2D eigenvalue weighted by molar-refractivity contribution is -0.169. The van der Waals surface area contributed by atoms with E-state index in [0.29, 0.717) is 35.4 Å². The molecule has 0 fully saturated rings. The van der Waals surface area contributed by atoms with Gasteiger partial charge in [-0.05, 0) is 55.5 Å². The van der Waals surface area contributed by atoms with Gasteiger partial charge in [-0.3, -0.25) is 5.32 Å². The van der Waals surface area contributed by atoms with Crippen molar-refractivity contribution in [3.05, 3.63) is 58.9 Å². The van der Waals surface area contributed by atoms with Crippen LogP contribution in [0.3, 0.4) is 0 Å². The van der Waals surface area contributed by atoms with Crippen molar-refractivity contribution in [2.75, 3.05) is 13.2 Å². The van der Waals surface area contributed by atoms with Crippen molar-refractivity contribution in [1.29, 1.82) is 0 Å². The fraction of sp³-hybridized carbons (Fsp3) is 0.417. The van der Waals surface area contributed by atoms with Crippen molar-refractivity contribution in [3.63, 3.8) is 0 Å². The Morgan fingerprint density at radius 1 is 1.09 bits per heavy atom. The number of nitrogens with one attached hydrogen (secondary N) is 1. The predicted molar refractivity (Wildman–Crippen MR) is 121 cm³/mol. The van der Waals surface area contributed by atoms with Crippen molar-refractivity contribution < 1.29 is 28.6 Å². The second-order valence-electron chi connectivity index (χ2n) is 7.37. The number of aliphatic hydroxyl groups is 1. The molecule has 0 aliphatic carbocycles. The van der Waals surface area contributed by atoms with Gasteiger partial charge in [0.2, 0.25) is 5.72 Å². The summed E-state index contributed by atoms with van der Waals surface area (Å²) in [5.41, 5.74) is -0.156. The molecule has 0 heterocycles. The standard InChI is InChI=1S/C24H29ClFNO5/c1-3-5-15-32-23(29)27-24(30,22(28)31-4-2)14-6-7-17-8-10-18(11-9-17)20-16-19(25)12-13-21(20)26/h8-13,16,30H,3-7,14-15H2,1-2H3,(H,27,29). The van der Waals surface area contributed by atoms with Crippen LogP contribution in [0, 0.1) is 5.82 Å². The molecule has 2 aromatic rings. The molecule has 32 heavy (non-hydrogen) atoms. The molecule has 2 N–H and O–H groups in total. The Kier molecular flexibility index (Phi) is 9.94. The van der Waals surface area contributed by atoms with Crippen LogP contribution < -0.4 is 5.32 Å². The number of rotatable bonds is 11. The van der Waals surface area contributed by atoms with Gasteiger partial charge in [0.25, 0.3) is 0 Å². The number of esters is 1. The highest BCUT2D eigenvalue weighted by molar-refractivity contribution is 6.30. The Morgan fingerprint density at radius 3 is 2.47 bits per heavy atom. The molecule has 0 aliphatic heterocycles. The predicted octanol–water partition coefficient (Wildman–Crippen LogP) is 5.25. The van der Waals surface area contributed by atoms with Crippen LogP contribution in [0.4, 0.5) is 9.18 Å². The lowest BCUT2D eigenvalue weighted by Gasteiger charge is -2.26. The van der Waals surface area contributed by atoms with Crippen LogP contribution in [0.15, 0.2) is 42.5 Å². The molecule has 0 spiro atoms. The molecule has 8 heteroatoms. The van der Waals surface area contributed by atoms with Gasteiger partial charge in [0.05, 0.1) is 13.2 Å². The average molecular weight is 466 g/mol. The van der Waals surface area contributed by atoms with Gasteiger partial charge in [-0.15, -0.1) is 0 Å². The van der Waals surface area contributed by atoms with E-state index < -0.39 is 17.8 Å². The minimum Gasteiger partial charge on any atom is -0.462 e. The third-order valence-corrected chi connectivity index (χ3v) is 5.09. The van der Waals surface area contributed by atoms with Gasteiger partial charge in [-0.1, -0.05) is 49.2 Å². The number of benzene rings is 2. The second kappa shape index (κ2) is 12.4. The molecule has 1 atom stereocenters. The number of ether oxygens (including phenoxy) is 2. The Balaban J connectivity index is 1.99. The fourth-order valence-electron chi connectivity index (χ4n) is 3.10. The molecular formula is C24H29ClFNO5. The molecule has 1 amide bonds. The van der Waals surface area contributed by atoms with Gasteiger partial charge >= 0.3 is 12.1 Å². The van der Waals surface area contributed by atoms with E-state index in [9.17, 15) is 19.1 Å². The van der Waals surface area contributed by atoms with Gasteiger partial charge in [0.15, 0.2) is 0 Å². The van der Waals surface area contributed by atoms with E-state index in [1.54, 1.807) is 25.1 Å². The molecule has 1 unspecified atom stereocenters. The van der Waals surface area contributed by atoms with Gasteiger partial charge in [-0.25, -0.2) is 14.0 Å². The zero-order chi connectivity index (χ0) is 23.6. The number of aryl methyl sites for hydroxylation is 1. The Bertz CT molecular complexity index is 906. The summed E-state index contributed by atoms with van der Waals surface area (Å²) in [5, 5.41) is 13.4. The molecule has 6 nitrogen and oxygen atoms in total. The first kappa shape index (κ1) is 25.6. The minimum absolute atomic E-state index is 0.0562. The molecule has 174 valence electrons. The molecule has 0 aliphatic rings. The SMILES string of the molecule is CCCCOC(=O)NC(O)(CCCc1ccc(-c2cc(Cl)ccc2F)cc1)C(=O)OCC. The van der Waals surface area contributed by atoms with Crippen LogP contribution in [0.1, 0.15) is 45.1 Å². The number of unbranched alkanes of at least 4 members (excludes halogenated alkanes) is 1. The van der Waals surface area contributed by atoms with Crippen molar-refractivity contribution >= 4 is 23.7 Å². The molecular weight excluding hydrogens is 437 g/mol. The third-order valence-electron chi connectivity index (χ3n) is 4.85. The molecule has 2 rings (SSSR count). The van der Waals surface area contributed by atoms with Gasteiger partial charge in [-0.2, -0.15) is 0 Å². The Morgan fingerprint density at radius 2 is 1.81 bits per heavy atom. The summed E-state index contributed by atoms with van der Waals surface area (Å²) in [5.74, 6) is -1.29. The number of hydrogen-bond donors (Lipinski definition) is 2. The lowest BCUT2D eigenvalue weighted by Crippen LogP contribution is -2.55. The zero-order valence-corrected chi connectivity index (χ0v) is 19.1. The first-order chi connectivity index (χ1) is 15.3. The van der Waals surface area contributed by atoms with E-state index in [1.807, 2.05) is 19.1 Å². The number of alkyl carbamates (subject to hydrolysis) is 1. The van der Waals surface area contributed by atoms with Crippen molar-refractivity contribution in [2.45, 2.75) is 51.7 Å². The minimum atomic E-state index is -2.18. The molecule has 0 saturated carbocycles. The Labute approximate surface area is 192 Å². The normalized spacial score (nSPS) is 12.7. The van der Waals surface area contributed by atoms with Gasteiger partial charge in [0.1, 0.15) is 5.82 Å².